The molecule has 0 radical (unpaired) electrons. The van der Waals surface area contributed by atoms with Gasteiger partial charge in [0.25, 0.3) is 0 Å². The van der Waals surface area contributed by atoms with Gasteiger partial charge in [0.1, 0.15) is 48.3 Å². The van der Waals surface area contributed by atoms with Crippen LogP contribution in [0.2, 0.25) is 0 Å². The van der Waals surface area contributed by atoms with Gasteiger partial charge in [-0.15, -0.1) is 0 Å². The van der Waals surface area contributed by atoms with Crippen LogP contribution in [0.25, 0.3) is 11.1 Å². The van der Waals surface area contributed by atoms with E-state index in [2.05, 4.69) is 26.3 Å². The molecule has 0 fully saturated rings. The van der Waals surface area contributed by atoms with Gasteiger partial charge in [-0.25, -0.2) is 19.1 Å². The number of ether oxygens (including phenoxy) is 3. The standard InChI is InChI=1S/C41H52N6O11/c1-39(2,3)57-33(50)18-17-30(34(51)43-21-32(48)49)44-36(53)41(7,8)46-35(52)31(19-24-20-42-23-47(24)38(55)58-40(4,5)6)45-37(54)56-22-29-27-15-11-9-13-25(27)26-14-10-12-16-28(26)29/h9-16,20,23,29-31H,17-19,21-22H2,1-8H3,(H,43,51)(H,44,53)(H,45,54)(H,46,52)(H,48,49)/t30-,31?/m0/s1. The second kappa shape index (κ2) is 18.3. The summed E-state index contributed by atoms with van der Waals surface area (Å²) in [5.41, 5.74) is 0.735. The van der Waals surface area contributed by atoms with Gasteiger partial charge in [0, 0.05) is 25.0 Å². The lowest BCUT2D eigenvalue weighted by atomic mass is 9.98. The Labute approximate surface area is 336 Å². The van der Waals surface area contributed by atoms with Gasteiger partial charge >= 0.3 is 24.1 Å². The van der Waals surface area contributed by atoms with Crippen LogP contribution in [-0.2, 0) is 44.6 Å². The van der Waals surface area contributed by atoms with Crippen molar-refractivity contribution >= 4 is 41.8 Å². The average Bonchev–Trinajstić information content (AvgIpc) is 3.72. The highest BCUT2D eigenvalue weighted by Crippen LogP contribution is 2.44. The summed E-state index contributed by atoms with van der Waals surface area (Å²) in [5, 5.41) is 18.9. The second-order valence-electron chi connectivity index (χ2n) is 16.3. The molecule has 1 unspecified atom stereocenters. The van der Waals surface area contributed by atoms with E-state index >= 15 is 0 Å². The van der Waals surface area contributed by atoms with Crippen molar-refractivity contribution in [2.45, 2.75) is 109 Å². The summed E-state index contributed by atoms with van der Waals surface area (Å²) in [6.45, 7) is 11.9. The zero-order valence-corrected chi connectivity index (χ0v) is 34.0. The van der Waals surface area contributed by atoms with Crippen molar-refractivity contribution in [2.75, 3.05) is 13.2 Å². The van der Waals surface area contributed by atoms with Crippen molar-refractivity contribution in [1.29, 1.82) is 0 Å². The lowest BCUT2D eigenvalue weighted by Gasteiger charge is -2.30. The van der Waals surface area contributed by atoms with Crippen LogP contribution in [0.1, 0.15) is 91.0 Å². The Hall–Kier alpha value is -6.26. The normalized spacial score (nSPS) is 13.5. The summed E-state index contributed by atoms with van der Waals surface area (Å²) >= 11 is 0. The fourth-order valence-corrected chi connectivity index (χ4v) is 6.15. The van der Waals surface area contributed by atoms with Gasteiger partial charge in [-0.1, -0.05) is 48.5 Å². The summed E-state index contributed by atoms with van der Waals surface area (Å²) in [6, 6.07) is 12.7. The van der Waals surface area contributed by atoms with Crippen LogP contribution in [0, 0.1) is 0 Å². The SMILES string of the molecule is CC(C)(C)OC(=O)CC[C@H](NC(=O)C(C)(C)NC(=O)C(Cc1cncn1C(=O)OC(C)(C)C)NC(=O)OCC1c2ccccc2-c2ccccc21)C(=O)NCC(=O)O. The number of fused-ring (bicyclic) bond motifs is 3. The first-order valence-electron chi connectivity index (χ1n) is 18.7. The first-order valence-corrected chi connectivity index (χ1v) is 18.7. The maximum atomic E-state index is 14.1. The Morgan fingerprint density at radius 2 is 1.38 bits per heavy atom. The highest BCUT2D eigenvalue weighted by atomic mass is 16.6. The zero-order valence-electron chi connectivity index (χ0n) is 34.0. The molecule has 0 saturated heterocycles. The molecule has 17 heteroatoms. The highest BCUT2D eigenvalue weighted by Gasteiger charge is 2.37. The van der Waals surface area contributed by atoms with E-state index in [0.717, 1.165) is 26.8 Å². The summed E-state index contributed by atoms with van der Waals surface area (Å²) < 4.78 is 17.6. The molecule has 0 saturated carbocycles. The number of rotatable bonds is 15. The molecular formula is C41H52N6O11. The minimum Gasteiger partial charge on any atom is -0.480 e. The average molecular weight is 805 g/mol. The van der Waals surface area contributed by atoms with E-state index in [1.54, 1.807) is 41.5 Å². The number of imidazole rings is 1. The van der Waals surface area contributed by atoms with Crippen LogP contribution < -0.4 is 21.3 Å². The van der Waals surface area contributed by atoms with Gasteiger partial charge in [0.15, 0.2) is 0 Å². The second-order valence-corrected chi connectivity index (χ2v) is 16.3. The topological polar surface area (TPSA) is 233 Å². The molecule has 1 aromatic heterocycles. The van der Waals surface area contributed by atoms with Gasteiger partial charge < -0.3 is 40.6 Å². The van der Waals surface area contributed by atoms with E-state index in [0.29, 0.717) is 0 Å². The van der Waals surface area contributed by atoms with Crippen molar-refractivity contribution in [3.8, 4) is 11.1 Å². The number of carbonyl (C=O) groups excluding carboxylic acids is 6. The largest absolute Gasteiger partial charge is 0.480 e. The van der Waals surface area contributed by atoms with E-state index in [1.807, 2.05) is 48.5 Å². The third-order valence-corrected chi connectivity index (χ3v) is 8.77. The predicted octanol–water partition coefficient (Wildman–Crippen LogP) is 3.82. The molecule has 4 rings (SSSR count). The van der Waals surface area contributed by atoms with Gasteiger partial charge in [-0.3, -0.25) is 24.0 Å². The molecule has 58 heavy (non-hydrogen) atoms. The van der Waals surface area contributed by atoms with Gasteiger partial charge in [0.05, 0.1) is 5.69 Å². The van der Waals surface area contributed by atoms with Crippen molar-refractivity contribution in [2.24, 2.45) is 0 Å². The van der Waals surface area contributed by atoms with Crippen LogP contribution in [0.3, 0.4) is 0 Å². The number of carboxylic acid groups (broad SMARTS) is 1. The summed E-state index contributed by atoms with van der Waals surface area (Å²) in [7, 11) is 0. The molecule has 0 bridgehead atoms. The first-order chi connectivity index (χ1) is 27.0. The highest BCUT2D eigenvalue weighted by molar-refractivity contribution is 5.96. The smallest absolute Gasteiger partial charge is 0.420 e. The zero-order chi connectivity index (χ0) is 43.0. The number of nitrogens with one attached hydrogen (secondary N) is 4. The number of aliphatic carboxylic acids is 1. The van der Waals surface area contributed by atoms with Crippen molar-refractivity contribution < 1.29 is 52.9 Å². The fraction of sp³-hybridized carbons (Fsp3) is 0.463. The van der Waals surface area contributed by atoms with E-state index in [9.17, 15) is 33.6 Å². The molecule has 1 heterocycles. The number of hydrogen-bond donors (Lipinski definition) is 5. The lowest BCUT2D eigenvalue weighted by Crippen LogP contribution is -2.62. The number of esters is 1. The lowest BCUT2D eigenvalue weighted by molar-refractivity contribution is -0.155. The van der Waals surface area contributed by atoms with Crippen LogP contribution >= 0.6 is 0 Å². The molecule has 17 nitrogen and oxygen atoms in total. The third kappa shape index (κ3) is 12.4. The Morgan fingerprint density at radius 3 is 1.95 bits per heavy atom. The molecule has 2 atom stereocenters. The summed E-state index contributed by atoms with van der Waals surface area (Å²) in [5.74, 6) is -4.89. The minimum absolute atomic E-state index is 0.0629. The number of amides is 4. The molecule has 4 amide bonds. The van der Waals surface area contributed by atoms with Crippen LogP contribution in [-0.4, -0.2) is 98.5 Å². The maximum Gasteiger partial charge on any atom is 0.420 e. The number of aromatic nitrogens is 2. The number of alkyl carbamates (subject to hydrolysis) is 1. The van der Waals surface area contributed by atoms with Gasteiger partial charge in [0.2, 0.25) is 17.7 Å². The summed E-state index contributed by atoms with van der Waals surface area (Å²) in [4.78, 5) is 94.8. The van der Waals surface area contributed by atoms with Crippen LogP contribution in [0.15, 0.2) is 61.1 Å². The Bertz CT molecular complexity index is 1980. The molecule has 1 aliphatic carbocycles. The van der Waals surface area contributed by atoms with Crippen LogP contribution in [0.5, 0.6) is 0 Å². The van der Waals surface area contributed by atoms with E-state index in [-0.39, 0.29) is 37.5 Å². The number of benzene rings is 2. The number of carbonyl (C=O) groups is 7. The monoisotopic (exact) mass is 804 g/mol. The molecule has 0 spiro atoms. The van der Waals surface area contributed by atoms with Crippen LogP contribution in [0.4, 0.5) is 9.59 Å². The van der Waals surface area contributed by atoms with Gasteiger partial charge in [-0.05, 0) is 84.1 Å². The van der Waals surface area contributed by atoms with E-state index in [1.165, 1.54) is 26.4 Å². The Morgan fingerprint density at radius 1 is 0.793 bits per heavy atom. The summed E-state index contributed by atoms with van der Waals surface area (Å²) in [6.07, 6.45) is -0.0571. The minimum atomic E-state index is -1.76. The molecule has 0 aliphatic heterocycles. The van der Waals surface area contributed by atoms with E-state index in [4.69, 9.17) is 19.3 Å². The van der Waals surface area contributed by atoms with E-state index < -0.39 is 77.2 Å². The Balaban J connectivity index is 1.53. The first kappa shape index (κ1) is 44.5. The molecule has 312 valence electrons. The number of carboxylic acids is 1. The van der Waals surface area contributed by atoms with Crippen molar-refractivity contribution in [3.05, 3.63) is 77.9 Å². The van der Waals surface area contributed by atoms with Crippen molar-refractivity contribution in [3.63, 3.8) is 0 Å². The third-order valence-electron chi connectivity index (χ3n) is 8.77. The molecule has 3 aromatic rings. The number of hydrogen-bond acceptors (Lipinski definition) is 11. The molecule has 1 aliphatic rings. The molecule has 2 aromatic carbocycles. The number of nitrogens with zero attached hydrogens (tertiary/aromatic N) is 2. The maximum absolute atomic E-state index is 14.1. The quantitative estimate of drug-likeness (QED) is 0.109. The fourth-order valence-electron chi connectivity index (χ4n) is 6.15. The van der Waals surface area contributed by atoms with Gasteiger partial charge in [-0.2, -0.15) is 0 Å². The molecule has 5 N–H and O–H groups in total. The van der Waals surface area contributed by atoms with Crippen molar-refractivity contribution in [1.82, 2.24) is 30.8 Å². The predicted molar refractivity (Wildman–Crippen MR) is 209 cm³/mol. The molecular weight excluding hydrogens is 752 g/mol. The Kier molecular flexibility index (Phi) is 14.1.